The minimum absolute atomic E-state index is 0.387. The van der Waals surface area contributed by atoms with Crippen molar-refractivity contribution in [3.05, 3.63) is 52.5 Å². The van der Waals surface area contributed by atoms with E-state index in [1.54, 1.807) is 32.0 Å². The van der Waals surface area contributed by atoms with Crippen molar-refractivity contribution < 1.29 is 13.2 Å². The van der Waals surface area contributed by atoms with Crippen molar-refractivity contribution in [2.24, 2.45) is 0 Å². The maximum atomic E-state index is 13.1. The minimum Gasteiger partial charge on any atom is -0.496 e. The highest BCUT2D eigenvalue weighted by Crippen LogP contribution is 2.36. The first-order chi connectivity index (χ1) is 13.2. The molecule has 0 aliphatic heterocycles. The van der Waals surface area contributed by atoms with Crippen molar-refractivity contribution in [3.8, 4) is 5.75 Å². The number of methoxy groups -OCH3 is 1. The molecule has 1 aromatic heterocycles. The molecule has 0 N–H and O–H groups in total. The van der Waals surface area contributed by atoms with E-state index in [1.165, 1.54) is 15.6 Å². The van der Waals surface area contributed by atoms with Gasteiger partial charge in [-0.2, -0.15) is 4.31 Å². The molecule has 0 saturated heterocycles. The predicted octanol–water partition coefficient (Wildman–Crippen LogP) is 5.59. The lowest BCUT2D eigenvalue weighted by Crippen LogP contribution is -2.28. The van der Waals surface area contributed by atoms with Gasteiger partial charge in [0, 0.05) is 34.0 Å². The molecular formula is C20H22ClNO3S3. The number of sulfonamides is 1. The Bertz CT molecular complexity index is 1110. The van der Waals surface area contributed by atoms with Crippen LogP contribution in [0.3, 0.4) is 0 Å². The van der Waals surface area contributed by atoms with Crippen LogP contribution in [0.25, 0.3) is 10.1 Å². The number of thioether (sulfide) groups is 1. The number of hydrogen-bond acceptors (Lipinski definition) is 5. The number of hydrogen-bond donors (Lipinski definition) is 0. The number of benzene rings is 2. The van der Waals surface area contributed by atoms with Crippen molar-refractivity contribution in [3.63, 3.8) is 0 Å². The molecule has 150 valence electrons. The van der Waals surface area contributed by atoms with Crippen LogP contribution in [0.4, 0.5) is 0 Å². The predicted molar refractivity (Wildman–Crippen MR) is 120 cm³/mol. The highest BCUT2D eigenvalue weighted by Gasteiger charge is 2.26. The summed E-state index contributed by atoms with van der Waals surface area (Å²) in [6.07, 6.45) is 0. The summed E-state index contributed by atoms with van der Waals surface area (Å²) in [7, 11) is -0.260. The second-order valence-corrected chi connectivity index (χ2v) is 11.4. The second-order valence-electron chi connectivity index (χ2n) is 6.46. The van der Waals surface area contributed by atoms with Gasteiger partial charge in [0.1, 0.15) is 9.96 Å². The van der Waals surface area contributed by atoms with Crippen LogP contribution in [0.1, 0.15) is 11.1 Å². The summed E-state index contributed by atoms with van der Waals surface area (Å²) in [5, 5.41) is 1.50. The van der Waals surface area contributed by atoms with Gasteiger partial charge in [0.2, 0.25) is 0 Å². The summed E-state index contributed by atoms with van der Waals surface area (Å²) in [6.45, 7) is 4.26. The van der Waals surface area contributed by atoms with Crippen molar-refractivity contribution in [1.82, 2.24) is 4.31 Å². The normalized spacial score (nSPS) is 12.1. The zero-order chi connectivity index (χ0) is 20.5. The van der Waals surface area contributed by atoms with E-state index in [0.717, 1.165) is 31.9 Å². The third-order valence-corrected chi connectivity index (χ3v) is 9.48. The highest BCUT2D eigenvalue weighted by molar-refractivity contribution is 7.99. The largest absolute Gasteiger partial charge is 0.496 e. The zero-order valence-electron chi connectivity index (χ0n) is 16.2. The number of rotatable bonds is 7. The SMILES string of the molecule is COc1ccc(SCCN(C)S(=O)(=O)c2sc3ccc(Cl)cc3c2C)cc1C. The van der Waals surface area contributed by atoms with Crippen molar-refractivity contribution in [2.45, 2.75) is 23.0 Å². The second kappa shape index (κ2) is 8.63. The van der Waals surface area contributed by atoms with E-state index in [4.69, 9.17) is 16.3 Å². The summed E-state index contributed by atoms with van der Waals surface area (Å²) >= 11 is 8.99. The van der Waals surface area contributed by atoms with E-state index in [1.807, 2.05) is 38.1 Å². The Morgan fingerprint density at radius 1 is 1.18 bits per heavy atom. The monoisotopic (exact) mass is 455 g/mol. The van der Waals surface area contributed by atoms with E-state index in [-0.39, 0.29) is 0 Å². The Hall–Kier alpha value is -1.25. The molecule has 28 heavy (non-hydrogen) atoms. The third kappa shape index (κ3) is 4.33. The summed E-state index contributed by atoms with van der Waals surface area (Å²) in [5.41, 5.74) is 1.82. The minimum atomic E-state index is -3.54. The van der Waals surface area contributed by atoms with Crippen molar-refractivity contribution in [1.29, 1.82) is 0 Å². The maximum absolute atomic E-state index is 13.1. The summed E-state index contributed by atoms with van der Waals surface area (Å²) in [5.74, 6) is 1.52. The van der Waals surface area contributed by atoms with Crippen LogP contribution in [0.5, 0.6) is 5.75 Å². The van der Waals surface area contributed by atoms with Crippen LogP contribution in [0, 0.1) is 13.8 Å². The molecule has 0 atom stereocenters. The Labute approximate surface area is 179 Å². The number of aryl methyl sites for hydroxylation is 2. The Morgan fingerprint density at radius 2 is 1.93 bits per heavy atom. The van der Waals surface area contributed by atoms with E-state index in [0.29, 0.717) is 21.5 Å². The van der Waals surface area contributed by atoms with Crippen molar-refractivity contribution in [2.75, 3.05) is 26.5 Å². The first-order valence-corrected chi connectivity index (χ1v) is 12.3. The van der Waals surface area contributed by atoms with Gasteiger partial charge in [-0.3, -0.25) is 0 Å². The molecule has 8 heteroatoms. The van der Waals surface area contributed by atoms with Gasteiger partial charge in [-0.1, -0.05) is 11.6 Å². The lowest BCUT2D eigenvalue weighted by Gasteiger charge is -2.16. The van der Waals surface area contributed by atoms with Crippen LogP contribution in [-0.2, 0) is 10.0 Å². The molecule has 0 fully saturated rings. The molecule has 0 unspecified atom stereocenters. The lowest BCUT2D eigenvalue weighted by molar-refractivity contribution is 0.411. The summed E-state index contributed by atoms with van der Waals surface area (Å²) in [6, 6.07) is 11.5. The molecule has 2 aromatic carbocycles. The number of nitrogens with zero attached hydrogens (tertiary/aromatic N) is 1. The number of fused-ring (bicyclic) bond motifs is 1. The number of ether oxygens (including phenoxy) is 1. The quantitative estimate of drug-likeness (QED) is 0.435. The van der Waals surface area contributed by atoms with Gasteiger partial charge in [-0.25, -0.2) is 8.42 Å². The fourth-order valence-corrected chi connectivity index (χ4v) is 7.33. The fourth-order valence-electron chi connectivity index (χ4n) is 2.91. The molecule has 0 radical (unpaired) electrons. The molecule has 1 heterocycles. The molecule has 4 nitrogen and oxygen atoms in total. The first-order valence-electron chi connectivity index (χ1n) is 8.66. The zero-order valence-corrected chi connectivity index (χ0v) is 19.4. The molecule has 3 aromatic rings. The Balaban J connectivity index is 1.72. The Morgan fingerprint density at radius 3 is 2.61 bits per heavy atom. The molecule has 0 bridgehead atoms. The summed E-state index contributed by atoms with van der Waals surface area (Å²) in [4.78, 5) is 1.09. The maximum Gasteiger partial charge on any atom is 0.252 e. The van der Waals surface area contributed by atoms with Gasteiger partial charge in [-0.15, -0.1) is 23.1 Å². The van der Waals surface area contributed by atoms with E-state index < -0.39 is 10.0 Å². The van der Waals surface area contributed by atoms with Gasteiger partial charge < -0.3 is 4.74 Å². The molecular weight excluding hydrogens is 434 g/mol. The highest BCUT2D eigenvalue weighted by atomic mass is 35.5. The molecule has 0 saturated carbocycles. The first kappa shape index (κ1) is 21.5. The van der Waals surface area contributed by atoms with E-state index in [9.17, 15) is 8.42 Å². The van der Waals surface area contributed by atoms with Gasteiger partial charge in [-0.05, 0) is 66.8 Å². The average Bonchev–Trinajstić information content (AvgIpc) is 2.98. The smallest absolute Gasteiger partial charge is 0.252 e. The third-order valence-electron chi connectivity index (χ3n) is 4.54. The van der Waals surface area contributed by atoms with E-state index in [2.05, 4.69) is 6.07 Å². The van der Waals surface area contributed by atoms with Crippen LogP contribution < -0.4 is 4.74 Å². The Kier molecular flexibility index (Phi) is 6.61. The van der Waals surface area contributed by atoms with Gasteiger partial charge in [0.05, 0.1) is 7.11 Å². The number of halogens is 1. The topological polar surface area (TPSA) is 46.6 Å². The molecule has 0 aliphatic carbocycles. The van der Waals surface area contributed by atoms with Gasteiger partial charge >= 0.3 is 0 Å². The van der Waals surface area contributed by atoms with Crippen LogP contribution in [0.15, 0.2) is 45.5 Å². The van der Waals surface area contributed by atoms with Gasteiger partial charge in [0.15, 0.2) is 0 Å². The molecule has 0 aliphatic rings. The molecule has 0 spiro atoms. The average molecular weight is 456 g/mol. The van der Waals surface area contributed by atoms with Crippen molar-refractivity contribution >= 4 is 54.8 Å². The summed E-state index contributed by atoms with van der Waals surface area (Å²) < 4.78 is 34.1. The van der Waals surface area contributed by atoms with Crippen LogP contribution >= 0.6 is 34.7 Å². The van der Waals surface area contributed by atoms with Gasteiger partial charge in [0.25, 0.3) is 10.0 Å². The molecule has 0 amide bonds. The van der Waals surface area contributed by atoms with Crippen LogP contribution in [0.2, 0.25) is 5.02 Å². The standard InChI is InChI=1S/C20H22ClNO3S3/c1-13-11-16(6-7-18(13)25-4)26-10-9-22(3)28(23,24)20-14(2)17-12-15(21)5-8-19(17)27-20/h5-8,11-12H,9-10H2,1-4H3. The number of thiophene rings is 1. The molecule has 3 rings (SSSR count). The fraction of sp³-hybridized carbons (Fsp3) is 0.300. The lowest BCUT2D eigenvalue weighted by atomic mass is 10.2. The van der Waals surface area contributed by atoms with Crippen LogP contribution in [-0.4, -0.2) is 39.2 Å². The van der Waals surface area contributed by atoms with E-state index >= 15 is 0 Å².